The average molecular weight is 298 g/mol. The van der Waals surface area contributed by atoms with Crippen molar-refractivity contribution in [3.63, 3.8) is 0 Å². The minimum atomic E-state index is -1.21. The summed E-state index contributed by atoms with van der Waals surface area (Å²) < 4.78 is 5.01. The third-order valence-electron chi connectivity index (χ3n) is 3.72. The molecule has 2 aromatic rings. The van der Waals surface area contributed by atoms with Gasteiger partial charge in [-0.3, -0.25) is 4.79 Å². The first-order chi connectivity index (χ1) is 10.6. The molecule has 0 saturated carbocycles. The molecule has 0 radical (unpaired) electrons. The molecule has 0 saturated heterocycles. The summed E-state index contributed by atoms with van der Waals surface area (Å²) >= 11 is 0. The predicted octanol–water partition coefficient (Wildman–Crippen LogP) is 3.46. The number of benzene rings is 2. The van der Waals surface area contributed by atoms with Crippen LogP contribution < -0.4 is 0 Å². The number of hydrogen-bond donors (Lipinski definition) is 1. The highest BCUT2D eigenvalue weighted by Gasteiger charge is 2.32. The molecule has 2 aromatic carbocycles. The second kappa shape index (κ2) is 7.76. The SMILES string of the molecule is CCOC(=O)CC(O)(CCc1ccccc1)c1ccccc1. The van der Waals surface area contributed by atoms with E-state index >= 15 is 0 Å². The summed E-state index contributed by atoms with van der Waals surface area (Å²) in [4.78, 5) is 11.9. The molecule has 0 aliphatic heterocycles. The van der Waals surface area contributed by atoms with Gasteiger partial charge in [-0.2, -0.15) is 0 Å². The van der Waals surface area contributed by atoms with Crippen molar-refractivity contribution in [3.05, 3.63) is 71.8 Å². The third kappa shape index (κ3) is 4.43. The van der Waals surface area contributed by atoms with Gasteiger partial charge in [0.25, 0.3) is 0 Å². The number of carbonyl (C=O) groups excluding carboxylic acids is 1. The predicted molar refractivity (Wildman–Crippen MR) is 86.4 cm³/mol. The summed E-state index contributed by atoms with van der Waals surface area (Å²) in [7, 11) is 0. The van der Waals surface area contributed by atoms with Gasteiger partial charge in [0.05, 0.1) is 13.0 Å². The molecule has 22 heavy (non-hydrogen) atoms. The Morgan fingerprint density at radius 2 is 1.64 bits per heavy atom. The van der Waals surface area contributed by atoms with Gasteiger partial charge in [0.15, 0.2) is 0 Å². The van der Waals surface area contributed by atoms with E-state index in [-0.39, 0.29) is 12.4 Å². The monoisotopic (exact) mass is 298 g/mol. The molecule has 0 aromatic heterocycles. The Morgan fingerprint density at radius 1 is 1.05 bits per heavy atom. The maximum atomic E-state index is 11.9. The van der Waals surface area contributed by atoms with Crippen LogP contribution in [0.4, 0.5) is 0 Å². The van der Waals surface area contributed by atoms with Crippen molar-refractivity contribution < 1.29 is 14.6 Å². The van der Waals surface area contributed by atoms with E-state index in [0.717, 1.165) is 11.1 Å². The molecular formula is C19H22O3. The summed E-state index contributed by atoms with van der Waals surface area (Å²) in [6.07, 6.45) is 1.14. The molecule has 1 N–H and O–H groups in total. The molecule has 0 fully saturated rings. The molecule has 3 nitrogen and oxygen atoms in total. The summed E-state index contributed by atoms with van der Waals surface area (Å²) in [5.74, 6) is -0.373. The molecule has 0 spiro atoms. The highest BCUT2D eigenvalue weighted by molar-refractivity contribution is 5.71. The lowest BCUT2D eigenvalue weighted by Crippen LogP contribution is -2.30. The Bertz CT molecular complexity index is 580. The fraction of sp³-hybridized carbons (Fsp3) is 0.316. The molecule has 2 rings (SSSR count). The molecule has 1 atom stereocenters. The number of aryl methyl sites for hydroxylation is 1. The van der Waals surface area contributed by atoms with Crippen LogP contribution in [0, 0.1) is 0 Å². The number of aliphatic hydroxyl groups is 1. The van der Waals surface area contributed by atoms with Crippen LogP contribution in [0.5, 0.6) is 0 Å². The molecule has 0 heterocycles. The van der Waals surface area contributed by atoms with Crippen LogP contribution in [0.15, 0.2) is 60.7 Å². The van der Waals surface area contributed by atoms with E-state index in [1.165, 1.54) is 0 Å². The normalized spacial score (nSPS) is 13.4. The van der Waals surface area contributed by atoms with Crippen molar-refractivity contribution in [2.45, 2.75) is 31.8 Å². The second-order valence-electron chi connectivity index (χ2n) is 5.37. The van der Waals surface area contributed by atoms with E-state index in [4.69, 9.17) is 4.74 Å². The van der Waals surface area contributed by atoms with Gasteiger partial charge in [-0.15, -0.1) is 0 Å². The fourth-order valence-corrected chi connectivity index (χ4v) is 2.53. The lowest BCUT2D eigenvalue weighted by Gasteiger charge is -2.28. The Kier molecular flexibility index (Phi) is 5.73. The van der Waals surface area contributed by atoms with Gasteiger partial charge in [0.2, 0.25) is 0 Å². The van der Waals surface area contributed by atoms with E-state index in [0.29, 0.717) is 19.4 Å². The van der Waals surface area contributed by atoms with E-state index in [1.807, 2.05) is 60.7 Å². The van der Waals surface area contributed by atoms with Gasteiger partial charge in [0, 0.05) is 0 Å². The summed E-state index contributed by atoms with van der Waals surface area (Å²) in [6.45, 7) is 2.09. The van der Waals surface area contributed by atoms with Crippen molar-refractivity contribution >= 4 is 5.97 Å². The van der Waals surface area contributed by atoms with Crippen LogP contribution in [-0.4, -0.2) is 17.7 Å². The van der Waals surface area contributed by atoms with Gasteiger partial charge in [-0.25, -0.2) is 0 Å². The molecule has 0 bridgehead atoms. The minimum Gasteiger partial charge on any atom is -0.466 e. The maximum absolute atomic E-state index is 11.9. The number of ether oxygens (including phenoxy) is 1. The lowest BCUT2D eigenvalue weighted by atomic mass is 9.85. The smallest absolute Gasteiger partial charge is 0.309 e. The second-order valence-corrected chi connectivity index (χ2v) is 5.37. The minimum absolute atomic E-state index is 0.0301. The van der Waals surface area contributed by atoms with Gasteiger partial charge >= 0.3 is 5.97 Å². The van der Waals surface area contributed by atoms with Crippen molar-refractivity contribution in [2.75, 3.05) is 6.61 Å². The summed E-state index contributed by atoms with van der Waals surface area (Å²) in [5.41, 5.74) is 0.684. The van der Waals surface area contributed by atoms with Crippen LogP contribution in [0.2, 0.25) is 0 Å². The molecule has 0 aliphatic rings. The Labute approximate surface area is 131 Å². The number of carbonyl (C=O) groups is 1. The molecule has 0 aliphatic carbocycles. The molecule has 0 amide bonds. The zero-order valence-corrected chi connectivity index (χ0v) is 12.9. The highest BCUT2D eigenvalue weighted by atomic mass is 16.5. The summed E-state index contributed by atoms with van der Waals surface area (Å²) in [6, 6.07) is 19.3. The van der Waals surface area contributed by atoms with Gasteiger partial charge in [0.1, 0.15) is 5.60 Å². The van der Waals surface area contributed by atoms with E-state index in [2.05, 4.69) is 0 Å². The van der Waals surface area contributed by atoms with Crippen molar-refractivity contribution in [1.82, 2.24) is 0 Å². The Morgan fingerprint density at radius 3 is 2.23 bits per heavy atom. The van der Waals surface area contributed by atoms with Crippen LogP contribution in [-0.2, 0) is 21.6 Å². The van der Waals surface area contributed by atoms with Crippen LogP contribution in [0.25, 0.3) is 0 Å². The van der Waals surface area contributed by atoms with Crippen LogP contribution >= 0.6 is 0 Å². The number of hydrogen-bond acceptors (Lipinski definition) is 3. The third-order valence-corrected chi connectivity index (χ3v) is 3.72. The zero-order valence-electron chi connectivity index (χ0n) is 12.9. The Balaban J connectivity index is 2.16. The Hall–Kier alpha value is -2.13. The first-order valence-electron chi connectivity index (χ1n) is 7.61. The zero-order chi connectivity index (χ0) is 15.8. The van der Waals surface area contributed by atoms with E-state index in [1.54, 1.807) is 6.92 Å². The quantitative estimate of drug-likeness (QED) is 0.796. The van der Waals surface area contributed by atoms with Crippen LogP contribution in [0.1, 0.15) is 30.9 Å². The van der Waals surface area contributed by atoms with Crippen molar-refractivity contribution in [2.24, 2.45) is 0 Å². The largest absolute Gasteiger partial charge is 0.466 e. The average Bonchev–Trinajstić information content (AvgIpc) is 2.55. The lowest BCUT2D eigenvalue weighted by molar-refractivity contribution is -0.149. The first kappa shape index (κ1) is 16.2. The highest BCUT2D eigenvalue weighted by Crippen LogP contribution is 2.30. The molecule has 116 valence electrons. The van der Waals surface area contributed by atoms with Gasteiger partial charge in [-0.05, 0) is 30.9 Å². The molecular weight excluding hydrogens is 276 g/mol. The first-order valence-corrected chi connectivity index (χ1v) is 7.61. The molecule has 1 unspecified atom stereocenters. The van der Waals surface area contributed by atoms with Gasteiger partial charge < -0.3 is 9.84 Å². The van der Waals surface area contributed by atoms with E-state index in [9.17, 15) is 9.90 Å². The topological polar surface area (TPSA) is 46.5 Å². The number of esters is 1. The number of rotatable bonds is 7. The molecule has 3 heteroatoms. The van der Waals surface area contributed by atoms with Crippen LogP contribution in [0.3, 0.4) is 0 Å². The van der Waals surface area contributed by atoms with E-state index < -0.39 is 5.60 Å². The van der Waals surface area contributed by atoms with Crippen molar-refractivity contribution in [3.8, 4) is 0 Å². The maximum Gasteiger partial charge on any atom is 0.309 e. The van der Waals surface area contributed by atoms with Crippen molar-refractivity contribution in [1.29, 1.82) is 0 Å². The van der Waals surface area contributed by atoms with Gasteiger partial charge in [-0.1, -0.05) is 60.7 Å². The fourth-order valence-electron chi connectivity index (χ4n) is 2.53. The summed E-state index contributed by atoms with van der Waals surface area (Å²) in [5, 5.41) is 11.0. The standard InChI is InChI=1S/C19H22O3/c1-2-22-18(20)15-19(21,17-11-7-4-8-12-17)14-13-16-9-5-3-6-10-16/h3-12,21H,2,13-15H2,1H3.